The summed E-state index contributed by atoms with van der Waals surface area (Å²) in [6.45, 7) is 3.64. The van der Waals surface area contributed by atoms with Gasteiger partial charge in [0.15, 0.2) is 0 Å². The van der Waals surface area contributed by atoms with Crippen LogP contribution in [0.5, 0.6) is 0 Å². The molecule has 0 radical (unpaired) electrons. The van der Waals surface area contributed by atoms with E-state index in [1.54, 1.807) is 18.2 Å². The van der Waals surface area contributed by atoms with Crippen molar-refractivity contribution in [3.8, 4) is 11.8 Å². The monoisotopic (exact) mass is 305 g/mol. The number of rotatable bonds is 3. The Morgan fingerprint density at radius 3 is 3.00 bits per heavy atom. The molecule has 0 aliphatic carbocycles. The summed E-state index contributed by atoms with van der Waals surface area (Å²) in [4.78, 5) is 14.4. The van der Waals surface area contributed by atoms with Gasteiger partial charge in [-0.25, -0.2) is 0 Å². The second-order valence-corrected chi connectivity index (χ2v) is 5.76. The standard InChI is InChI=1S/C17H20ClNO2/c1-2-4-13-8-9-19(12-13)17(21)15-7-6-14(5-3-10-20)16(18)11-15/h6-7,11,13,20H,2,4,8-10,12H2,1H3. The first-order valence-electron chi connectivity index (χ1n) is 7.34. The van der Waals surface area contributed by atoms with Crippen molar-refractivity contribution in [1.29, 1.82) is 0 Å². The fraction of sp³-hybridized carbons (Fsp3) is 0.471. The predicted octanol–water partition coefficient (Wildman–Crippen LogP) is 2.95. The Hall–Kier alpha value is -1.50. The molecule has 1 unspecified atom stereocenters. The highest BCUT2D eigenvalue weighted by Crippen LogP contribution is 2.24. The zero-order valence-electron chi connectivity index (χ0n) is 12.2. The van der Waals surface area contributed by atoms with Crippen LogP contribution in [0, 0.1) is 17.8 Å². The van der Waals surface area contributed by atoms with Gasteiger partial charge in [0.2, 0.25) is 0 Å². The normalized spacial score (nSPS) is 17.5. The summed E-state index contributed by atoms with van der Waals surface area (Å²) in [5.41, 5.74) is 1.24. The fourth-order valence-electron chi connectivity index (χ4n) is 2.73. The van der Waals surface area contributed by atoms with Gasteiger partial charge in [0.1, 0.15) is 6.61 Å². The molecule has 1 heterocycles. The number of amides is 1. The number of carbonyl (C=O) groups is 1. The summed E-state index contributed by atoms with van der Waals surface area (Å²) >= 11 is 6.14. The van der Waals surface area contributed by atoms with Gasteiger partial charge in [-0.1, -0.05) is 36.8 Å². The molecule has 1 aliphatic rings. The number of hydrogen-bond donors (Lipinski definition) is 1. The quantitative estimate of drug-likeness (QED) is 0.872. The van der Waals surface area contributed by atoms with Gasteiger partial charge >= 0.3 is 0 Å². The van der Waals surface area contributed by atoms with E-state index in [2.05, 4.69) is 18.8 Å². The molecule has 0 spiro atoms. The zero-order chi connectivity index (χ0) is 15.2. The summed E-state index contributed by atoms with van der Waals surface area (Å²) in [7, 11) is 0. The maximum absolute atomic E-state index is 12.5. The zero-order valence-corrected chi connectivity index (χ0v) is 13.0. The second kappa shape index (κ2) is 7.49. The highest BCUT2D eigenvalue weighted by atomic mass is 35.5. The molecule has 0 aromatic heterocycles. The van der Waals surface area contributed by atoms with E-state index in [0.29, 0.717) is 22.1 Å². The van der Waals surface area contributed by atoms with E-state index in [4.69, 9.17) is 16.7 Å². The van der Waals surface area contributed by atoms with Crippen molar-refractivity contribution in [1.82, 2.24) is 4.90 Å². The van der Waals surface area contributed by atoms with E-state index in [0.717, 1.165) is 25.9 Å². The Balaban J connectivity index is 2.08. The molecule has 2 rings (SSSR count). The molecule has 112 valence electrons. The van der Waals surface area contributed by atoms with Gasteiger partial charge in [-0.15, -0.1) is 0 Å². The highest BCUT2D eigenvalue weighted by molar-refractivity contribution is 6.32. The van der Waals surface area contributed by atoms with Crippen LogP contribution in [0.4, 0.5) is 0 Å². The number of nitrogens with zero attached hydrogens (tertiary/aromatic N) is 1. The van der Waals surface area contributed by atoms with Gasteiger partial charge in [0.05, 0.1) is 5.02 Å². The van der Waals surface area contributed by atoms with Gasteiger partial charge in [0.25, 0.3) is 5.91 Å². The van der Waals surface area contributed by atoms with Crippen LogP contribution in [0.1, 0.15) is 42.1 Å². The number of carbonyl (C=O) groups excluding carboxylic acids is 1. The average molecular weight is 306 g/mol. The van der Waals surface area contributed by atoms with E-state index in [9.17, 15) is 4.79 Å². The average Bonchev–Trinajstić information content (AvgIpc) is 2.94. The predicted molar refractivity (Wildman–Crippen MR) is 84.3 cm³/mol. The molecule has 3 nitrogen and oxygen atoms in total. The fourth-order valence-corrected chi connectivity index (χ4v) is 2.96. The number of benzene rings is 1. The van der Waals surface area contributed by atoms with E-state index in [-0.39, 0.29) is 12.5 Å². The third kappa shape index (κ3) is 4.00. The summed E-state index contributed by atoms with van der Waals surface area (Å²) in [6, 6.07) is 5.15. The smallest absolute Gasteiger partial charge is 0.253 e. The van der Waals surface area contributed by atoms with Crippen LogP contribution in [0.2, 0.25) is 5.02 Å². The lowest BCUT2D eigenvalue weighted by Crippen LogP contribution is -2.28. The van der Waals surface area contributed by atoms with Crippen LogP contribution in [-0.2, 0) is 0 Å². The van der Waals surface area contributed by atoms with Crippen LogP contribution < -0.4 is 0 Å². The minimum atomic E-state index is -0.205. The van der Waals surface area contributed by atoms with E-state index in [1.807, 2.05) is 4.90 Å². The Morgan fingerprint density at radius 2 is 2.33 bits per heavy atom. The molecular formula is C17H20ClNO2. The molecule has 21 heavy (non-hydrogen) atoms. The van der Waals surface area contributed by atoms with Crippen molar-refractivity contribution in [3.05, 3.63) is 34.3 Å². The van der Waals surface area contributed by atoms with E-state index < -0.39 is 0 Å². The SMILES string of the molecule is CCCC1CCN(C(=O)c2ccc(C#CCO)c(Cl)c2)C1. The summed E-state index contributed by atoms with van der Waals surface area (Å²) in [5, 5.41) is 9.15. The van der Waals surface area contributed by atoms with Crippen LogP contribution in [0.3, 0.4) is 0 Å². The molecule has 1 aliphatic heterocycles. The van der Waals surface area contributed by atoms with Gasteiger partial charge in [0, 0.05) is 24.2 Å². The lowest BCUT2D eigenvalue weighted by Gasteiger charge is -2.17. The molecule has 1 atom stereocenters. The van der Waals surface area contributed by atoms with Crippen molar-refractivity contribution in [2.75, 3.05) is 19.7 Å². The van der Waals surface area contributed by atoms with Gasteiger partial charge in [-0.05, 0) is 37.0 Å². The molecule has 4 heteroatoms. The Morgan fingerprint density at radius 1 is 1.52 bits per heavy atom. The molecular weight excluding hydrogens is 286 g/mol. The van der Waals surface area contributed by atoms with Crippen molar-refractivity contribution in [2.24, 2.45) is 5.92 Å². The topological polar surface area (TPSA) is 40.5 Å². The van der Waals surface area contributed by atoms with Crippen LogP contribution in [0.15, 0.2) is 18.2 Å². The molecule has 1 saturated heterocycles. The van der Waals surface area contributed by atoms with Crippen LogP contribution in [0.25, 0.3) is 0 Å². The van der Waals surface area contributed by atoms with Crippen LogP contribution in [-0.4, -0.2) is 35.6 Å². The summed E-state index contributed by atoms with van der Waals surface area (Å²) < 4.78 is 0. The minimum absolute atomic E-state index is 0.0390. The number of hydrogen-bond acceptors (Lipinski definition) is 2. The first-order chi connectivity index (χ1) is 10.2. The van der Waals surface area contributed by atoms with E-state index >= 15 is 0 Å². The Bertz CT molecular complexity index is 574. The number of aliphatic hydroxyl groups is 1. The number of halogens is 1. The first kappa shape index (κ1) is 15.9. The third-order valence-corrected chi connectivity index (χ3v) is 4.10. The maximum Gasteiger partial charge on any atom is 0.253 e. The van der Waals surface area contributed by atoms with Gasteiger partial charge in [-0.2, -0.15) is 0 Å². The summed E-state index contributed by atoms with van der Waals surface area (Å²) in [6.07, 6.45) is 3.43. The van der Waals surface area contributed by atoms with Crippen LogP contribution >= 0.6 is 11.6 Å². The molecule has 1 aromatic carbocycles. The molecule has 0 saturated carbocycles. The van der Waals surface area contributed by atoms with E-state index in [1.165, 1.54) is 6.42 Å². The largest absolute Gasteiger partial charge is 0.384 e. The first-order valence-corrected chi connectivity index (χ1v) is 7.72. The highest BCUT2D eigenvalue weighted by Gasteiger charge is 2.26. The molecule has 1 fully saturated rings. The molecule has 1 aromatic rings. The molecule has 1 amide bonds. The van der Waals surface area contributed by atoms with Crippen molar-refractivity contribution in [3.63, 3.8) is 0 Å². The Kier molecular flexibility index (Phi) is 5.67. The number of likely N-dealkylation sites (tertiary alicyclic amines) is 1. The summed E-state index contributed by atoms with van der Waals surface area (Å²) in [5.74, 6) is 5.99. The maximum atomic E-state index is 12.5. The minimum Gasteiger partial charge on any atom is -0.384 e. The van der Waals surface area contributed by atoms with Crippen molar-refractivity contribution < 1.29 is 9.90 Å². The Labute approximate surface area is 130 Å². The van der Waals surface area contributed by atoms with Gasteiger partial charge in [-0.3, -0.25) is 4.79 Å². The van der Waals surface area contributed by atoms with Crippen molar-refractivity contribution >= 4 is 17.5 Å². The third-order valence-electron chi connectivity index (χ3n) is 3.79. The molecule has 0 bridgehead atoms. The molecule has 1 N–H and O–H groups in total. The van der Waals surface area contributed by atoms with Gasteiger partial charge < -0.3 is 10.0 Å². The lowest BCUT2D eigenvalue weighted by atomic mass is 10.0. The van der Waals surface area contributed by atoms with Crippen molar-refractivity contribution in [2.45, 2.75) is 26.2 Å². The lowest BCUT2D eigenvalue weighted by molar-refractivity contribution is 0.0786. The number of aliphatic hydroxyl groups excluding tert-OH is 1. The second-order valence-electron chi connectivity index (χ2n) is 5.35.